The van der Waals surface area contributed by atoms with Crippen molar-refractivity contribution in [1.82, 2.24) is 15.5 Å². The highest BCUT2D eigenvalue weighted by molar-refractivity contribution is 5.95. The van der Waals surface area contributed by atoms with Crippen molar-refractivity contribution >= 4 is 17.8 Å². The Labute approximate surface area is 215 Å². The topological polar surface area (TPSA) is 126 Å². The molecule has 0 aromatic heterocycles. The van der Waals surface area contributed by atoms with Crippen LogP contribution < -0.4 is 20.1 Å². The predicted octanol–water partition coefficient (Wildman–Crippen LogP) is 2.56. The second-order valence-electron chi connectivity index (χ2n) is 9.26. The van der Waals surface area contributed by atoms with Gasteiger partial charge < -0.3 is 34.9 Å². The molecule has 10 heteroatoms. The Morgan fingerprint density at radius 1 is 1.19 bits per heavy atom. The van der Waals surface area contributed by atoms with Crippen LogP contribution >= 0.6 is 0 Å². The maximum absolute atomic E-state index is 12.7. The van der Waals surface area contributed by atoms with Crippen molar-refractivity contribution < 1.29 is 33.7 Å². The molecule has 2 aliphatic heterocycles. The van der Waals surface area contributed by atoms with Gasteiger partial charge in [-0.3, -0.25) is 14.4 Å². The second-order valence-corrected chi connectivity index (χ2v) is 9.26. The largest absolute Gasteiger partial charge is 0.497 e. The molecule has 37 heavy (non-hydrogen) atoms. The summed E-state index contributed by atoms with van der Waals surface area (Å²) >= 11 is 0. The number of methoxy groups -OCH3 is 1. The summed E-state index contributed by atoms with van der Waals surface area (Å²) in [5, 5.41) is 15.0. The molecular weight excluding hydrogens is 478 g/mol. The first-order valence-corrected chi connectivity index (χ1v) is 12.5. The zero-order chi connectivity index (χ0) is 26.2. The van der Waals surface area contributed by atoms with Crippen LogP contribution in [0.1, 0.15) is 41.6 Å². The molecule has 4 bridgehead atoms. The number of hydrogen-bond acceptors (Lipinski definition) is 7. The predicted molar refractivity (Wildman–Crippen MR) is 135 cm³/mol. The van der Waals surface area contributed by atoms with Crippen molar-refractivity contribution in [2.75, 3.05) is 33.3 Å². The Balaban J connectivity index is 1.54. The van der Waals surface area contributed by atoms with Crippen LogP contribution in [0.25, 0.3) is 0 Å². The first kappa shape index (κ1) is 26.4. The van der Waals surface area contributed by atoms with Crippen molar-refractivity contribution in [3.63, 3.8) is 0 Å². The van der Waals surface area contributed by atoms with E-state index in [1.807, 2.05) is 29.2 Å². The van der Waals surface area contributed by atoms with Gasteiger partial charge in [-0.2, -0.15) is 0 Å². The van der Waals surface area contributed by atoms with Gasteiger partial charge in [0.1, 0.15) is 17.2 Å². The van der Waals surface area contributed by atoms with Gasteiger partial charge in [0.2, 0.25) is 5.91 Å². The van der Waals surface area contributed by atoms with Crippen molar-refractivity contribution in [2.45, 2.75) is 44.4 Å². The van der Waals surface area contributed by atoms with E-state index in [-0.39, 0.29) is 36.8 Å². The number of carboxylic acid groups (broad SMARTS) is 1. The van der Waals surface area contributed by atoms with Crippen LogP contribution in [-0.2, 0) is 20.9 Å². The number of rotatable bonds is 4. The number of carbonyl (C=O) groups excluding carboxylic acids is 2. The normalized spacial score (nSPS) is 21.3. The molecule has 0 radical (unpaired) electrons. The Kier molecular flexibility index (Phi) is 8.97. The fourth-order valence-corrected chi connectivity index (χ4v) is 4.54. The van der Waals surface area contributed by atoms with Gasteiger partial charge in [0.25, 0.3) is 5.91 Å². The molecule has 2 amide bonds. The summed E-state index contributed by atoms with van der Waals surface area (Å²) in [6.45, 7) is 2.29. The van der Waals surface area contributed by atoms with Crippen LogP contribution in [0.15, 0.2) is 42.5 Å². The third-order valence-electron chi connectivity index (χ3n) is 6.46. The maximum atomic E-state index is 12.7. The lowest BCUT2D eigenvalue weighted by atomic mass is 10.0. The molecule has 198 valence electrons. The number of ether oxygens (including phenoxy) is 3. The van der Waals surface area contributed by atoms with E-state index in [0.717, 1.165) is 5.56 Å². The number of fused-ring (bicyclic) bond motifs is 5. The van der Waals surface area contributed by atoms with Gasteiger partial charge in [-0.25, -0.2) is 0 Å². The van der Waals surface area contributed by atoms with E-state index in [1.54, 1.807) is 18.2 Å². The minimum absolute atomic E-state index is 0.0482. The fourth-order valence-electron chi connectivity index (χ4n) is 4.54. The molecule has 4 rings (SSSR count). The number of nitrogens with one attached hydrogen (secondary N) is 2. The van der Waals surface area contributed by atoms with E-state index in [0.29, 0.717) is 68.4 Å². The zero-order valence-electron chi connectivity index (χ0n) is 20.9. The molecule has 0 aliphatic carbocycles. The van der Waals surface area contributed by atoms with Gasteiger partial charge in [0.15, 0.2) is 0 Å². The summed E-state index contributed by atoms with van der Waals surface area (Å²) in [6.07, 6.45) is 1.22. The summed E-state index contributed by atoms with van der Waals surface area (Å²) in [7, 11) is 1.53. The van der Waals surface area contributed by atoms with Gasteiger partial charge in [0.05, 0.1) is 32.3 Å². The Morgan fingerprint density at radius 3 is 2.86 bits per heavy atom. The summed E-state index contributed by atoms with van der Waals surface area (Å²) < 4.78 is 17.7. The van der Waals surface area contributed by atoms with Crippen molar-refractivity contribution in [3.8, 4) is 17.2 Å². The molecule has 0 spiro atoms. The van der Waals surface area contributed by atoms with Crippen molar-refractivity contribution in [3.05, 3.63) is 53.6 Å². The van der Waals surface area contributed by atoms with Crippen LogP contribution in [0, 0.1) is 0 Å². The van der Waals surface area contributed by atoms with E-state index in [9.17, 15) is 14.4 Å². The van der Waals surface area contributed by atoms with Crippen molar-refractivity contribution in [2.24, 2.45) is 0 Å². The first-order chi connectivity index (χ1) is 17.9. The van der Waals surface area contributed by atoms with Crippen LogP contribution in [-0.4, -0.2) is 73.2 Å². The molecule has 2 heterocycles. The summed E-state index contributed by atoms with van der Waals surface area (Å²) in [5.41, 5.74) is 1.30. The van der Waals surface area contributed by atoms with E-state index in [2.05, 4.69) is 10.6 Å². The lowest BCUT2D eigenvalue weighted by Crippen LogP contribution is -2.56. The van der Waals surface area contributed by atoms with E-state index >= 15 is 0 Å². The number of likely N-dealkylation sites (tertiary alicyclic amines) is 1. The number of benzene rings is 2. The molecule has 2 atom stereocenters. The molecule has 1 saturated heterocycles. The molecule has 0 unspecified atom stereocenters. The Bertz CT molecular complexity index is 1120. The van der Waals surface area contributed by atoms with Crippen LogP contribution in [0.3, 0.4) is 0 Å². The van der Waals surface area contributed by atoms with Gasteiger partial charge in [-0.05, 0) is 42.7 Å². The lowest BCUT2D eigenvalue weighted by molar-refractivity contribution is -0.137. The van der Waals surface area contributed by atoms with Crippen LogP contribution in [0.4, 0.5) is 0 Å². The lowest BCUT2D eigenvalue weighted by Gasteiger charge is -2.38. The standard InChI is InChI=1S/C27H33N3O7/c1-35-21-13-19-14-22(15-21)37-20-5-2-4-18(12-20)17-36-24-7-10-30(11-8-26(32)33)16-23(24)29-25(31)6-3-9-28-27(19)34/h2,4-5,12-15,23-24H,3,6-11,16-17H2,1H3,(H,28,34)(H,29,31)(H,32,33)/t23-,24-/m0/s1. The number of carboxylic acids is 1. The minimum Gasteiger partial charge on any atom is -0.497 e. The highest BCUT2D eigenvalue weighted by Gasteiger charge is 2.31. The van der Waals surface area contributed by atoms with Crippen LogP contribution in [0.2, 0.25) is 0 Å². The smallest absolute Gasteiger partial charge is 0.304 e. The Hall–Kier alpha value is -3.63. The number of hydrogen-bond donors (Lipinski definition) is 3. The Morgan fingerprint density at radius 2 is 2.05 bits per heavy atom. The maximum Gasteiger partial charge on any atom is 0.304 e. The highest BCUT2D eigenvalue weighted by atomic mass is 16.5. The molecule has 0 saturated carbocycles. The average molecular weight is 512 g/mol. The quantitative estimate of drug-likeness (QED) is 0.572. The number of nitrogens with zero attached hydrogens (tertiary/aromatic N) is 1. The van der Waals surface area contributed by atoms with E-state index < -0.39 is 5.97 Å². The molecular formula is C27H33N3O7. The molecule has 2 aliphatic rings. The van der Waals surface area contributed by atoms with E-state index in [4.69, 9.17) is 19.3 Å². The van der Waals surface area contributed by atoms with E-state index in [1.165, 1.54) is 7.11 Å². The fraction of sp³-hybridized carbons (Fsp3) is 0.444. The van der Waals surface area contributed by atoms with Gasteiger partial charge in [-0.1, -0.05) is 12.1 Å². The third kappa shape index (κ3) is 7.68. The number of piperidine rings is 1. The third-order valence-corrected chi connectivity index (χ3v) is 6.46. The van der Waals surface area contributed by atoms with Crippen molar-refractivity contribution in [1.29, 1.82) is 0 Å². The number of carbonyl (C=O) groups is 3. The molecule has 1 fully saturated rings. The minimum atomic E-state index is -0.846. The van der Waals surface area contributed by atoms with Crippen LogP contribution in [0.5, 0.6) is 17.2 Å². The molecule has 2 aromatic carbocycles. The highest BCUT2D eigenvalue weighted by Crippen LogP contribution is 2.28. The summed E-state index contributed by atoms with van der Waals surface area (Å²) in [5.74, 6) is 0.298. The molecule has 3 N–H and O–H groups in total. The second kappa shape index (κ2) is 12.6. The summed E-state index contributed by atoms with van der Waals surface area (Å²) in [6, 6.07) is 12.2. The first-order valence-electron chi connectivity index (χ1n) is 12.5. The molecule has 2 aromatic rings. The van der Waals surface area contributed by atoms with Gasteiger partial charge in [-0.15, -0.1) is 0 Å². The zero-order valence-corrected chi connectivity index (χ0v) is 20.9. The number of amides is 2. The molecule has 10 nitrogen and oxygen atoms in total. The monoisotopic (exact) mass is 511 g/mol. The average Bonchev–Trinajstić information content (AvgIpc) is 2.88. The van der Waals surface area contributed by atoms with Gasteiger partial charge >= 0.3 is 5.97 Å². The van der Waals surface area contributed by atoms with Gasteiger partial charge in [0, 0.05) is 44.2 Å². The summed E-state index contributed by atoms with van der Waals surface area (Å²) in [4.78, 5) is 38.5. The SMILES string of the molecule is COc1cc2cc(c1)C(=O)NCCCC(=O)N[C@H]1CN(CCC(=O)O)CC[C@@H]1OCc1cccc(c1)O2. The number of aliphatic carboxylic acids is 1.